The molecule has 2 nitrogen and oxygen atoms in total. The van der Waals surface area contributed by atoms with Crippen LogP contribution in [0.3, 0.4) is 0 Å². The monoisotopic (exact) mass is 382 g/mol. The topological polar surface area (TPSA) is 25.8 Å². The Morgan fingerprint density at radius 1 is 1.16 bits per heavy atom. The van der Waals surface area contributed by atoms with Gasteiger partial charge in [0.25, 0.3) is 0 Å². The van der Waals surface area contributed by atoms with E-state index in [0.717, 1.165) is 15.8 Å². The van der Waals surface area contributed by atoms with Crippen molar-refractivity contribution >= 4 is 34.2 Å². The third-order valence-corrected chi connectivity index (χ3v) is 5.64. The molecule has 2 aliphatic rings. The fourth-order valence-corrected chi connectivity index (χ4v) is 3.59. The molecule has 4 rings (SSSR count). The average Bonchev–Trinajstić information content (AvgIpc) is 3.19. The van der Waals surface area contributed by atoms with Crippen LogP contribution in [0.25, 0.3) is 0 Å². The minimum absolute atomic E-state index is 0.336. The van der Waals surface area contributed by atoms with Gasteiger partial charge in [0.1, 0.15) is 11.0 Å². The Kier molecular flexibility index (Phi) is 2.81. The van der Waals surface area contributed by atoms with Crippen molar-refractivity contribution in [3.8, 4) is 0 Å². The molecular formula is C15H12ClIN2. The predicted octanol–water partition coefficient (Wildman–Crippen LogP) is 4.30. The van der Waals surface area contributed by atoms with Gasteiger partial charge in [-0.1, -0.05) is 35.9 Å². The Labute approximate surface area is 130 Å². The third kappa shape index (κ3) is 1.98. The normalized spacial score (nSPS) is 20.8. The second-order valence-electron chi connectivity index (χ2n) is 5.30. The lowest BCUT2D eigenvalue weighted by Crippen LogP contribution is -2.21. The van der Waals surface area contributed by atoms with Crippen molar-refractivity contribution in [2.75, 3.05) is 0 Å². The summed E-state index contributed by atoms with van der Waals surface area (Å²) in [7, 11) is 0. The van der Waals surface area contributed by atoms with Gasteiger partial charge in [-0.2, -0.15) is 0 Å². The second-order valence-corrected chi connectivity index (χ2v) is 6.74. The number of fused-ring (bicyclic) bond motifs is 1. The van der Waals surface area contributed by atoms with Crippen LogP contribution in [0.4, 0.5) is 0 Å². The van der Waals surface area contributed by atoms with Crippen LogP contribution in [0.1, 0.15) is 47.3 Å². The highest BCUT2D eigenvalue weighted by Crippen LogP contribution is 2.44. The number of hydrogen-bond acceptors (Lipinski definition) is 2. The van der Waals surface area contributed by atoms with E-state index in [1.165, 1.54) is 29.7 Å². The Hall–Kier alpha value is -0.680. The highest BCUT2D eigenvalue weighted by Gasteiger charge is 2.33. The Morgan fingerprint density at radius 3 is 2.68 bits per heavy atom. The summed E-state index contributed by atoms with van der Waals surface area (Å²) >= 11 is 8.56. The smallest absolute Gasteiger partial charge is 0.146 e. The molecule has 1 unspecified atom stereocenters. The molecule has 1 aromatic heterocycles. The average molecular weight is 383 g/mol. The van der Waals surface area contributed by atoms with E-state index in [4.69, 9.17) is 16.6 Å². The molecule has 1 aromatic carbocycles. The molecule has 0 saturated heterocycles. The Balaban J connectivity index is 1.77. The maximum atomic E-state index is 6.28. The maximum absolute atomic E-state index is 6.28. The molecule has 1 heterocycles. The first-order chi connectivity index (χ1) is 9.24. The molecular weight excluding hydrogens is 371 g/mol. The van der Waals surface area contributed by atoms with Gasteiger partial charge in [0.15, 0.2) is 0 Å². The largest absolute Gasteiger partial charge is 0.236 e. The summed E-state index contributed by atoms with van der Waals surface area (Å²) in [5.41, 5.74) is 3.94. The number of halogens is 2. The summed E-state index contributed by atoms with van der Waals surface area (Å²) in [4.78, 5) is 9.32. The Bertz CT molecular complexity index is 667. The van der Waals surface area contributed by atoms with Crippen LogP contribution in [0.2, 0.25) is 5.15 Å². The van der Waals surface area contributed by atoms with Gasteiger partial charge >= 0.3 is 0 Å². The number of benzene rings is 1. The van der Waals surface area contributed by atoms with Gasteiger partial charge in [-0.15, -0.1) is 0 Å². The van der Waals surface area contributed by atoms with Gasteiger partial charge < -0.3 is 0 Å². The Morgan fingerprint density at radius 2 is 1.95 bits per heavy atom. The van der Waals surface area contributed by atoms with Crippen molar-refractivity contribution in [1.29, 1.82) is 0 Å². The highest BCUT2D eigenvalue weighted by molar-refractivity contribution is 14.1. The predicted molar refractivity (Wildman–Crippen MR) is 83.7 cm³/mol. The van der Waals surface area contributed by atoms with Gasteiger partial charge in [-0.25, -0.2) is 9.97 Å². The lowest BCUT2D eigenvalue weighted by Gasteiger charge is -2.29. The summed E-state index contributed by atoms with van der Waals surface area (Å²) in [6.07, 6.45) is 3.52. The molecule has 4 heteroatoms. The fraction of sp³-hybridized carbons (Fsp3) is 0.333. The van der Waals surface area contributed by atoms with E-state index in [2.05, 4.69) is 51.8 Å². The van der Waals surface area contributed by atoms with Crippen LogP contribution in [-0.2, 0) is 6.42 Å². The number of aromatic nitrogens is 2. The molecule has 0 spiro atoms. The molecule has 2 aromatic rings. The fourth-order valence-electron chi connectivity index (χ4n) is 2.73. The van der Waals surface area contributed by atoms with Crippen LogP contribution < -0.4 is 0 Å². The van der Waals surface area contributed by atoms with Crippen molar-refractivity contribution in [2.45, 2.75) is 31.1 Å². The van der Waals surface area contributed by atoms with E-state index < -0.39 is 0 Å². The molecule has 1 fully saturated rings. The zero-order chi connectivity index (χ0) is 13.0. The molecule has 2 aliphatic carbocycles. The second kappa shape index (κ2) is 4.42. The summed E-state index contributed by atoms with van der Waals surface area (Å²) < 4.78 is 1.04. The molecule has 19 heavy (non-hydrogen) atoms. The van der Waals surface area contributed by atoms with E-state index in [1.54, 1.807) is 0 Å². The lowest BCUT2D eigenvalue weighted by atomic mass is 9.77. The SMILES string of the molecule is Clc1nc(C2Cc3ccccc32)nc(C2CC2)c1I. The molecule has 1 saturated carbocycles. The van der Waals surface area contributed by atoms with Gasteiger partial charge in [0, 0.05) is 11.8 Å². The first-order valence-electron chi connectivity index (χ1n) is 6.54. The van der Waals surface area contributed by atoms with E-state index in [-0.39, 0.29) is 0 Å². The van der Waals surface area contributed by atoms with E-state index in [1.807, 2.05) is 0 Å². The molecule has 1 atom stereocenters. The van der Waals surface area contributed by atoms with Crippen molar-refractivity contribution in [2.24, 2.45) is 0 Å². The van der Waals surface area contributed by atoms with Crippen LogP contribution in [0, 0.1) is 3.57 Å². The summed E-state index contributed by atoms with van der Waals surface area (Å²) in [5, 5.41) is 0.622. The summed E-state index contributed by atoms with van der Waals surface area (Å²) in [6.45, 7) is 0. The van der Waals surface area contributed by atoms with Gasteiger partial charge in [0.05, 0.1) is 9.26 Å². The molecule has 0 aliphatic heterocycles. The minimum Gasteiger partial charge on any atom is -0.236 e. The van der Waals surface area contributed by atoms with E-state index >= 15 is 0 Å². The van der Waals surface area contributed by atoms with Crippen LogP contribution in [0.15, 0.2) is 24.3 Å². The van der Waals surface area contributed by atoms with E-state index in [0.29, 0.717) is 17.0 Å². The zero-order valence-electron chi connectivity index (χ0n) is 10.2. The third-order valence-electron chi connectivity index (χ3n) is 3.98. The van der Waals surface area contributed by atoms with Crippen molar-refractivity contribution in [3.63, 3.8) is 0 Å². The molecule has 0 radical (unpaired) electrons. The summed E-state index contributed by atoms with van der Waals surface area (Å²) in [6, 6.07) is 8.53. The van der Waals surface area contributed by atoms with Crippen molar-refractivity contribution < 1.29 is 0 Å². The van der Waals surface area contributed by atoms with Crippen molar-refractivity contribution in [3.05, 3.63) is 55.6 Å². The lowest BCUT2D eigenvalue weighted by molar-refractivity contribution is 0.652. The molecule has 0 amide bonds. The maximum Gasteiger partial charge on any atom is 0.146 e. The minimum atomic E-state index is 0.336. The van der Waals surface area contributed by atoms with Gasteiger partial charge in [-0.05, 0) is 53.0 Å². The van der Waals surface area contributed by atoms with Crippen LogP contribution in [0.5, 0.6) is 0 Å². The van der Waals surface area contributed by atoms with Gasteiger partial charge in [0.2, 0.25) is 0 Å². The molecule has 96 valence electrons. The standard InChI is InChI=1S/C15H12ClIN2/c16-14-12(17)13(8-5-6-8)18-15(19-14)11-7-9-3-1-2-4-10(9)11/h1-4,8,11H,5-7H2. The molecule has 0 N–H and O–H groups in total. The number of hydrogen-bond donors (Lipinski definition) is 0. The van der Waals surface area contributed by atoms with Gasteiger partial charge in [-0.3, -0.25) is 0 Å². The number of rotatable bonds is 2. The molecule has 0 bridgehead atoms. The first-order valence-corrected chi connectivity index (χ1v) is 8.00. The first kappa shape index (κ1) is 12.1. The van der Waals surface area contributed by atoms with E-state index in [9.17, 15) is 0 Å². The highest BCUT2D eigenvalue weighted by atomic mass is 127. The van der Waals surface area contributed by atoms with Crippen LogP contribution in [-0.4, -0.2) is 9.97 Å². The van der Waals surface area contributed by atoms with Crippen molar-refractivity contribution in [1.82, 2.24) is 9.97 Å². The zero-order valence-corrected chi connectivity index (χ0v) is 13.1. The quantitative estimate of drug-likeness (QED) is 0.572. The number of nitrogens with zero attached hydrogens (tertiary/aromatic N) is 2. The summed E-state index contributed by atoms with van der Waals surface area (Å²) in [5.74, 6) is 1.86. The van der Waals surface area contributed by atoms with Crippen LogP contribution >= 0.6 is 34.2 Å².